The Bertz CT molecular complexity index is 963. The number of imidazole rings is 1. The second-order valence-electron chi connectivity index (χ2n) is 6.68. The van der Waals surface area contributed by atoms with E-state index in [1.165, 1.54) is 16.8 Å². The summed E-state index contributed by atoms with van der Waals surface area (Å²) in [5.74, 6) is -1.10. The van der Waals surface area contributed by atoms with E-state index in [4.69, 9.17) is 10.5 Å². The van der Waals surface area contributed by atoms with Crippen molar-refractivity contribution in [2.45, 2.75) is 26.2 Å². The summed E-state index contributed by atoms with van der Waals surface area (Å²) in [5.41, 5.74) is 6.13. The van der Waals surface area contributed by atoms with Crippen molar-refractivity contribution in [3.8, 4) is 0 Å². The first kappa shape index (κ1) is 23.6. The van der Waals surface area contributed by atoms with Crippen molar-refractivity contribution >= 4 is 41.1 Å². The molecule has 0 aromatic carbocycles. The van der Waals surface area contributed by atoms with Crippen LogP contribution in [0.4, 0.5) is 17.5 Å². The molecule has 0 saturated carbocycles. The molecule has 3 amide bonds. The summed E-state index contributed by atoms with van der Waals surface area (Å²) in [4.78, 5) is 51.8. The van der Waals surface area contributed by atoms with Crippen molar-refractivity contribution in [3.05, 3.63) is 24.2 Å². The van der Waals surface area contributed by atoms with Gasteiger partial charge in [-0.15, -0.1) is 0 Å². The van der Waals surface area contributed by atoms with Crippen molar-refractivity contribution in [1.29, 1.82) is 0 Å². The minimum atomic E-state index is -0.452. The number of ether oxygens (including phenoxy) is 1. The van der Waals surface area contributed by atoms with Crippen LogP contribution in [0.25, 0.3) is 0 Å². The minimum Gasteiger partial charge on any atom is -0.466 e. The van der Waals surface area contributed by atoms with E-state index in [9.17, 15) is 19.2 Å². The summed E-state index contributed by atoms with van der Waals surface area (Å²) < 4.78 is 7.88. The summed E-state index contributed by atoms with van der Waals surface area (Å²) in [6.45, 7) is 2.18. The number of hydrogen-bond acceptors (Lipinski definition) is 7. The fourth-order valence-electron chi connectivity index (χ4n) is 2.67. The molecule has 2 aromatic rings. The maximum absolute atomic E-state index is 12.6. The predicted molar refractivity (Wildman–Crippen MR) is 113 cm³/mol. The predicted octanol–water partition coefficient (Wildman–Crippen LogP) is 0.580. The van der Waals surface area contributed by atoms with E-state index in [0.717, 1.165) is 0 Å². The highest BCUT2D eigenvalue weighted by atomic mass is 16.5. The molecule has 0 atom stereocenters. The number of carbonyl (C=O) groups excluding carboxylic acids is 4. The van der Waals surface area contributed by atoms with E-state index in [2.05, 4.69) is 20.9 Å². The van der Waals surface area contributed by atoms with E-state index in [-0.39, 0.29) is 50.1 Å². The number of nitrogens with one attached hydrogen (secondary N) is 3. The zero-order valence-corrected chi connectivity index (χ0v) is 17.7. The first-order valence-electron chi connectivity index (χ1n) is 9.70. The highest BCUT2D eigenvalue weighted by molar-refractivity contribution is 6.04. The standard InChI is InChI=1S/C19H27N7O5/c1-4-31-17(29)6-5-15(27)24-19-23-14(11-26(19)3)22-18(30)13-9-12(10-25(13)2)21-16(28)7-8-20/h9-11H,4-8,20H2,1-3H3,(H,21,28)(H,22,30)(H,23,24,27). The number of aryl methyl sites for hydroxylation is 2. The molecule has 0 aliphatic rings. The van der Waals surface area contributed by atoms with Crippen LogP contribution in [0.1, 0.15) is 36.7 Å². The quantitative estimate of drug-likeness (QED) is 0.398. The lowest BCUT2D eigenvalue weighted by Gasteiger charge is -2.04. The van der Waals surface area contributed by atoms with Gasteiger partial charge in [-0.2, -0.15) is 4.98 Å². The maximum atomic E-state index is 12.6. The fraction of sp³-hybridized carbons (Fsp3) is 0.421. The number of amides is 3. The van der Waals surface area contributed by atoms with Gasteiger partial charge in [-0.3, -0.25) is 24.5 Å². The molecule has 0 spiro atoms. The van der Waals surface area contributed by atoms with E-state index in [0.29, 0.717) is 11.4 Å². The maximum Gasteiger partial charge on any atom is 0.306 e. The highest BCUT2D eigenvalue weighted by Gasteiger charge is 2.16. The zero-order chi connectivity index (χ0) is 23.0. The SMILES string of the molecule is CCOC(=O)CCC(=O)Nc1nc(NC(=O)c2cc(NC(=O)CCN)cn2C)cn1C. The molecule has 0 aliphatic carbocycles. The molecule has 0 fully saturated rings. The average molecular weight is 433 g/mol. The number of nitrogens with two attached hydrogens (primary N) is 1. The molecule has 0 saturated heterocycles. The van der Waals surface area contributed by atoms with Crippen molar-refractivity contribution < 1.29 is 23.9 Å². The van der Waals surface area contributed by atoms with Gasteiger partial charge in [0.25, 0.3) is 5.91 Å². The van der Waals surface area contributed by atoms with Gasteiger partial charge in [-0.25, -0.2) is 0 Å². The molecular formula is C19H27N7O5. The summed E-state index contributed by atoms with van der Waals surface area (Å²) in [7, 11) is 3.32. The molecule has 0 unspecified atom stereocenters. The van der Waals surface area contributed by atoms with E-state index in [1.54, 1.807) is 31.8 Å². The summed E-state index contributed by atoms with van der Waals surface area (Å²) in [5, 5.41) is 7.89. The van der Waals surface area contributed by atoms with Crippen molar-refractivity contribution in [3.63, 3.8) is 0 Å². The number of rotatable bonds is 10. The van der Waals surface area contributed by atoms with Crippen LogP contribution < -0.4 is 21.7 Å². The molecule has 5 N–H and O–H groups in total. The van der Waals surface area contributed by atoms with Crippen LogP contribution in [0.15, 0.2) is 18.5 Å². The molecule has 12 nitrogen and oxygen atoms in total. The summed E-state index contributed by atoms with van der Waals surface area (Å²) in [6, 6.07) is 1.53. The van der Waals surface area contributed by atoms with E-state index >= 15 is 0 Å². The lowest BCUT2D eigenvalue weighted by atomic mass is 10.3. The lowest BCUT2D eigenvalue weighted by Crippen LogP contribution is -2.17. The monoisotopic (exact) mass is 433 g/mol. The molecule has 31 heavy (non-hydrogen) atoms. The third-order valence-corrected chi connectivity index (χ3v) is 4.12. The van der Waals surface area contributed by atoms with Gasteiger partial charge in [0.15, 0.2) is 5.82 Å². The zero-order valence-electron chi connectivity index (χ0n) is 17.7. The Morgan fingerprint density at radius 1 is 1.00 bits per heavy atom. The topological polar surface area (TPSA) is 162 Å². The van der Waals surface area contributed by atoms with Crippen LogP contribution in [0.5, 0.6) is 0 Å². The summed E-state index contributed by atoms with van der Waals surface area (Å²) in [6.07, 6.45) is 3.24. The number of carbonyl (C=O) groups is 4. The third kappa shape index (κ3) is 6.96. The van der Waals surface area contributed by atoms with Gasteiger partial charge < -0.3 is 30.2 Å². The van der Waals surface area contributed by atoms with Crippen LogP contribution in [0.3, 0.4) is 0 Å². The van der Waals surface area contributed by atoms with Gasteiger partial charge >= 0.3 is 5.97 Å². The van der Waals surface area contributed by atoms with Gasteiger partial charge in [-0.05, 0) is 13.0 Å². The fourth-order valence-corrected chi connectivity index (χ4v) is 2.67. The van der Waals surface area contributed by atoms with Crippen LogP contribution in [-0.4, -0.2) is 51.0 Å². The summed E-state index contributed by atoms with van der Waals surface area (Å²) >= 11 is 0. The van der Waals surface area contributed by atoms with Crippen LogP contribution in [0.2, 0.25) is 0 Å². The molecule has 2 heterocycles. The molecular weight excluding hydrogens is 406 g/mol. The molecule has 2 aromatic heterocycles. The largest absolute Gasteiger partial charge is 0.466 e. The Balaban J connectivity index is 1.97. The Labute approximate surface area is 179 Å². The second kappa shape index (κ2) is 10.9. The average Bonchev–Trinajstić information content (AvgIpc) is 3.22. The Hall–Kier alpha value is -3.67. The van der Waals surface area contributed by atoms with Gasteiger partial charge in [0.05, 0.1) is 18.7 Å². The first-order chi connectivity index (χ1) is 14.7. The molecule has 0 radical (unpaired) electrons. The Morgan fingerprint density at radius 2 is 1.71 bits per heavy atom. The number of nitrogens with zero attached hydrogens (tertiary/aromatic N) is 3. The smallest absolute Gasteiger partial charge is 0.306 e. The van der Waals surface area contributed by atoms with Gasteiger partial charge in [0.1, 0.15) is 5.69 Å². The lowest BCUT2D eigenvalue weighted by molar-refractivity contribution is -0.144. The van der Waals surface area contributed by atoms with Crippen molar-refractivity contribution in [1.82, 2.24) is 14.1 Å². The minimum absolute atomic E-state index is 0.0364. The number of esters is 1. The number of hydrogen-bond donors (Lipinski definition) is 4. The Morgan fingerprint density at radius 3 is 2.39 bits per heavy atom. The van der Waals surface area contributed by atoms with Gasteiger partial charge in [0, 0.05) is 45.9 Å². The van der Waals surface area contributed by atoms with Crippen LogP contribution in [-0.2, 0) is 33.2 Å². The number of anilines is 3. The molecule has 0 aliphatic heterocycles. The first-order valence-corrected chi connectivity index (χ1v) is 9.70. The molecule has 2 rings (SSSR count). The van der Waals surface area contributed by atoms with E-state index in [1.807, 2.05) is 0 Å². The van der Waals surface area contributed by atoms with Crippen LogP contribution >= 0.6 is 0 Å². The number of aromatic nitrogens is 3. The van der Waals surface area contributed by atoms with Crippen LogP contribution in [0, 0.1) is 0 Å². The Kier molecular flexibility index (Phi) is 8.32. The van der Waals surface area contributed by atoms with Crippen molar-refractivity contribution in [2.24, 2.45) is 19.8 Å². The molecule has 12 heteroatoms. The van der Waals surface area contributed by atoms with Crippen molar-refractivity contribution in [2.75, 3.05) is 29.1 Å². The third-order valence-electron chi connectivity index (χ3n) is 4.12. The van der Waals surface area contributed by atoms with Gasteiger partial charge in [-0.1, -0.05) is 0 Å². The second-order valence-corrected chi connectivity index (χ2v) is 6.68. The highest BCUT2D eigenvalue weighted by Crippen LogP contribution is 2.17. The molecule has 0 bridgehead atoms. The normalized spacial score (nSPS) is 10.5. The van der Waals surface area contributed by atoms with Gasteiger partial charge in [0.2, 0.25) is 17.8 Å². The van der Waals surface area contributed by atoms with E-state index < -0.39 is 17.8 Å². The molecule has 168 valence electrons.